The zero-order chi connectivity index (χ0) is 13.1. The van der Waals surface area contributed by atoms with Crippen molar-refractivity contribution >= 4 is 16.5 Å². The minimum Gasteiger partial charge on any atom is -0.345 e. The van der Waals surface area contributed by atoms with Crippen molar-refractivity contribution in [2.24, 2.45) is 5.92 Å². The average Bonchev–Trinajstić information content (AvgIpc) is 2.78. The molecule has 2 unspecified atom stereocenters. The van der Waals surface area contributed by atoms with E-state index >= 15 is 0 Å². The minimum absolute atomic E-state index is 0.518. The van der Waals surface area contributed by atoms with Gasteiger partial charge in [0.25, 0.3) is 0 Å². The minimum atomic E-state index is 0.518. The van der Waals surface area contributed by atoms with E-state index in [0.717, 1.165) is 19.0 Å². The Morgan fingerprint density at radius 2 is 2.28 bits per heavy atom. The predicted molar refractivity (Wildman–Crippen MR) is 79.3 cm³/mol. The molecule has 0 bridgehead atoms. The van der Waals surface area contributed by atoms with E-state index in [1.54, 1.807) is 11.3 Å². The summed E-state index contributed by atoms with van der Waals surface area (Å²) >= 11 is 1.79. The summed E-state index contributed by atoms with van der Waals surface area (Å²) in [5.74, 6) is 0.778. The van der Waals surface area contributed by atoms with Crippen molar-refractivity contribution in [1.82, 2.24) is 10.3 Å². The molecule has 0 aliphatic carbocycles. The van der Waals surface area contributed by atoms with Gasteiger partial charge >= 0.3 is 0 Å². The molecule has 4 heteroatoms. The first kappa shape index (κ1) is 13.8. The van der Waals surface area contributed by atoms with Crippen molar-refractivity contribution in [3.05, 3.63) is 11.1 Å². The van der Waals surface area contributed by atoms with Crippen LogP contribution in [0.2, 0.25) is 0 Å². The van der Waals surface area contributed by atoms with Gasteiger partial charge in [-0.05, 0) is 25.7 Å². The molecule has 0 radical (unpaired) electrons. The lowest BCUT2D eigenvalue weighted by molar-refractivity contribution is 0.363. The Kier molecular flexibility index (Phi) is 4.62. The highest BCUT2D eigenvalue weighted by atomic mass is 32.1. The summed E-state index contributed by atoms with van der Waals surface area (Å²) in [5, 5.41) is 6.82. The Bertz CT molecular complexity index is 375. The average molecular weight is 267 g/mol. The number of rotatable bonds is 4. The Labute approximate surface area is 115 Å². The Morgan fingerprint density at radius 3 is 3.00 bits per heavy atom. The molecule has 1 aromatic rings. The molecule has 3 nitrogen and oxygen atoms in total. The normalized spacial score (nSPS) is 24.8. The standard InChI is InChI=1S/C14H25N3S/c1-10(2)15-8-13-9-18-14(16-13)17-7-5-6-11(3)12(17)4/h9-12,15H,5-8H2,1-4H3. The van der Waals surface area contributed by atoms with Gasteiger partial charge < -0.3 is 10.2 Å². The van der Waals surface area contributed by atoms with E-state index in [1.807, 2.05) is 0 Å². The molecule has 0 saturated carbocycles. The molecular weight excluding hydrogens is 242 g/mol. The summed E-state index contributed by atoms with van der Waals surface area (Å²) in [6.07, 6.45) is 2.65. The van der Waals surface area contributed by atoms with Crippen LogP contribution >= 0.6 is 11.3 Å². The second-order valence-corrected chi connectivity index (χ2v) is 6.55. The summed E-state index contributed by atoms with van der Waals surface area (Å²) < 4.78 is 0. The van der Waals surface area contributed by atoms with Gasteiger partial charge in [0, 0.05) is 30.6 Å². The maximum Gasteiger partial charge on any atom is 0.185 e. The highest BCUT2D eigenvalue weighted by Crippen LogP contribution is 2.30. The van der Waals surface area contributed by atoms with Crippen molar-refractivity contribution in [1.29, 1.82) is 0 Å². The van der Waals surface area contributed by atoms with Crippen molar-refractivity contribution < 1.29 is 0 Å². The van der Waals surface area contributed by atoms with E-state index in [0.29, 0.717) is 12.1 Å². The van der Waals surface area contributed by atoms with Gasteiger partial charge in [-0.25, -0.2) is 4.98 Å². The molecule has 1 aliphatic rings. The molecule has 1 saturated heterocycles. The fourth-order valence-electron chi connectivity index (χ4n) is 2.42. The largest absolute Gasteiger partial charge is 0.345 e. The summed E-state index contributed by atoms with van der Waals surface area (Å²) in [7, 11) is 0. The number of hydrogen-bond acceptors (Lipinski definition) is 4. The summed E-state index contributed by atoms with van der Waals surface area (Å²) in [5.41, 5.74) is 1.18. The zero-order valence-electron chi connectivity index (χ0n) is 11.9. The van der Waals surface area contributed by atoms with Gasteiger partial charge in [0.2, 0.25) is 0 Å². The number of nitrogens with zero attached hydrogens (tertiary/aromatic N) is 2. The van der Waals surface area contributed by atoms with Crippen LogP contribution in [0.25, 0.3) is 0 Å². The number of anilines is 1. The van der Waals surface area contributed by atoms with Crippen molar-refractivity contribution in [3.8, 4) is 0 Å². The number of nitrogens with one attached hydrogen (secondary N) is 1. The van der Waals surface area contributed by atoms with E-state index in [-0.39, 0.29) is 0 Å². The second kappa shape index (κ2) is 6.02. The molecule has 0 aromatic carbocycles. The smallest absolute Gasteiger partial charge is 0.185 e. The Morgan fingerprint density at radius 1 is 1.50 bits per heavy atom. The fourth-order valence-corrected chi connectivity index (χ4v) is 3.36. The Balaban J connectivity index is 2.00. The van der Waals surface area contributed by atoms with Crippen molar-refractivity contribution in [3.63, 3.8) is 0 Å². The maximum absolute atomic E-state index is 4.77. The summed E-state index contributed by atoms with van der Waals surface area (Å²) in [6, 6.07) is 1.14. The van der Waals surface area contributed by atoms with Gasteiger partial charge in [-0.2, -0.15) is 0 Å². The molecule has 2 rings (SSSR count). The number of aromatic nitrogens is 1. The fraction of sp³-hybridized carbons (Fsp3) is 0.786. The van der Waals surface area contributed by atoms with E-state index < -0.39 is 0 Å². The number of thiazole rings is 1. The van der Waals surface area contributed by atoms with Crippen molar-refractivity contribution in [2.75, 3.05) is 11.4 Å². The molecular formula is C14H25N3S. The second-order valence-electron chi connectivity index (χ2n) is 5.71. The lowest BCUT2D eigenvalue weighted by atomic mass is 9.93. The molecule has 18 heavy (non-hydrogen) atoms. The molecule has 2 atom stereocenters. The van der Waals surface area contributed by atoms with Crippen LogP contribution in [0.15, 0.2) is 5.38 Å². The van der Waals surface area contributed by atoms with Crippen LogP contribution in [-0.2, 0) is 6.54 Å². The molecule has 0 spiro atoms. The van der Waals surface area contributed by atoms with E-state index in [4.69, 9.17) is 4.98 Å². The first-order chi connectivity index (χ1) is 8.58. The van der Waals surface area contributed by atoms with Gasteiger partial charge in [-0.3, -0.25) is 0 Å². The third-order valence-electron chi connectivity index (χ3n) is 3.85. The predicted octanol–water partition coefficient (Wildman–Crippen LogP) is 3.27. The monoisotopic (exact) mass is 267 g/mol. The van der Waals surface area contributed by atoms with E-state index in [9.17, 15) is 0 Å². The van der Waals surface area contributed by atoms with Crippen LogP contribution < -0.4 is 10.2 Å². The first-order valence-corrected chi connectivity index (χ1v) is 7.90. The third-order valence-corrected chi connectivity index (χ3v) is 4.78. The lowest BCUT2D eigenvalue weighted by Gasteiger charge is -2.37. The number of piperidine rings is 1. The van der Waals surface area contributed by atoms with Crippen LogP contribution in [0.1, 0.15) is 46.2 Å². The van der Waals surface area contributed by atoms with Gasteiger partial charge in [0.05, 0.1) is 5.69 Å². The molecule has 1 N–H and O–H groups in total. The quantitative estimate of drug-likeness (QED) is 0.907. The van der Waals surface area contributed by atoms with E-state index in [1.165, 1.54) is 23.7 Å². The highest BCUT2D eigenvalue weighted by Gasteiger charge is 2.26. The SMILES string of the molecule is CC(C)NCc1csc(N2CCCC(C)C2C)n1. The summed E-state index contributed by atoms with van der Waals surface area (Å²) in [6.45, 7) is 11.1. The van der Waals surface area contributed by atoms with Gasteiger partial charge in [-0.15, -0.1) is 11.3 Å². The van der Waals surface area contributed by atoms with Crippen LogP contribution in [-0.4, -0.2) is 23.6 Å². The lowest BCUT2D eigenvalue weighted by Crippen LogP contribution is -2.42. The molecule has 1 aliphatic heterocycles. The molecule has 102 valence electrons. The third kappa shape index (κ3) is 3.23. The van der Waals surface area contributed by atoms with Gasteiger partial charge in [0.15, 0.2) is 5.13 Å². The van der Waals surface area contributed by atoms with E-state index in [2.05, 4.69) is 43.3 Å². The number of hydrogen-bond donors (Lipinski definition) is 1. The van der Waals surface area contributed by atoms with Gasteiger partial charge in [0.1, 0.15) is 0 Å². The van der Waals surface area contributed by atoms with Crippen LogP contribution in [0.4, 0.5) is 5.13 Å². The zero-order valence-corrected chi connectivity index (χ0v) is 12.8. The molecule has 0 amide bonds. The van der Waals surface area contributed by atoms with Gasteiger partial charge in [-0.1, -0.05) is 20.8 Å². The van der Waals surface area contributed by atoms with Crippen LogP contribution in [0.3, 0.4) is 0 Å². The Hall–Kier alpha value is -0.610. The van der Waals surface area contributed by atoms with Crippen LogP contribution in [0.5, 0.6) is 0 Å². The van der Waals surface area contributed by atoms with Crippen LogP contribution in [0, 0.1) is 5.92 Å². The molecule has 2 heterocycles. The summed E-state index contributed by atoms with van der Waals surface area (Å²) in [4.78, 5) is 7.26. The van der Waals surface area contributed by atoms with Crippen molar-refractivity contribution in [2.45, 2.75) is 59.2 Å². The topological polar surface area (TPSA) is 28.2 Å². The maximum atomic E-state index is 4.77. The molecule has 1 fully saturated rings. The highest BCUT2D eigenvalue weighted by molar-refractivity contribution is 7.13. The first-order valence-electron chi connectivity index (χ1n) is 7.02. The molecule has 1 aromatic heterocycles.